The van der Waals surface area contributed by atoms with Crippen LogP contribution in [0.25, 0.3) is 10.6 Å². The Bertz CT molecular complexity index is 668. The molecule has 0 aliphatic rings. The SMILES string of the molecule is CC(=O)Oc1ccc(-c2ncc(Br)s2)cc1OC(C)=O. The quantitative estimate of drug-likeness (QED) is 0.623. The lowest BCUT2D eigenvalue weighted by atomic mass is 10.2. The molecule has 0 aliphatic carbocycles. The summed E-state index contributed by atoms with van der Waals surface area (Å²) < 4.78 is 11.0. The van der Waals surface area contributed by atoms with E-state index in [1.54, 1.807) is 24.4 Å². The van der Waals surface area contributed by atoms with Crippen LogP contribution in [0.3, 0.4) is 0 Å². The van der Waals surface area contributed by atoms with Crippen molar-refractivity contribution >= 4 is 39.2 Å². The summed E-state index contributed by atoms with van der Waals surface area (Å²) in [5.74, 6) is -0.581. The van der Waals surface area contributed by atoms with Crippen LogP contribution in [0.4, 0.5) is 0 Å². The van der Waals surface area contributed by atoms with Gasteiger partial charge in [-0.05, 0) is 34.1 Å². The van der Waals surface area contributed by atoms with Crippen LogP contribution in [0.2, 0.25) is 0 Å². The van der Waals surface area contributed by atoms with Gasteiger partial charge in [0.25, 0.3) is 0 Å². The Morgan fingerprint density at radius 2 is 1.80 bits per heavy atom. The maximum atomic E-state index is 11.1. The van der Waals surface area contributed by atoms with Crippen molar-refractivity contribution in [2.24, 2.45) is 0 Å². The van der Waals surface area contributed by atoms with Crippen molar-refractivity contribution in [1.82, 2.24) is 4.98 Å². The third-order valence-corrected chi connectivity index (χ3v) is 3.70. The van der Waals surface area contributed by atoms with Gasteiger partial charge < -0.3 is 9.47 Å². The molecule has 0 unspecified atom stereocenters. The highest BCUT2D eigenvalue weighted by Crippen LogP contribution is 2.35. The first-order valence-electron chi connectivity index (χ1n) is 5.58. The summed E-state index contributed by atoms with van der Waals surface area (Å²) in [4.78, 5) is 26.4. The van der Waals surface area contributed by atoms with Crippen molar-refractivity contribution < 1.29 is 19.1 Å². The predicted molar refractivity (Wildman–Crippen MR) is 77.9 cm³/mol. The van der Waals surface area contributed by atoms with Crippen LogP contribution in [-0.4, -0.2) is 16.9 Å². The van der Waals surface area contributed by atoms with Crippen molar-refractivity contribution in [1.29, 1.82) is 0 Å². The number of ether oxygens (including phenoxy) is 2. The monoisotopic (exact) mass is 355 g/mol. The molecule has 0 fully saturated rings. The van der Waals surface area contributed by atoms with Crippen molar-refractivity contribution in [2.75, 3.05) is 0 Å². The molecule has 0 saturated heterocycles. The van der Waals surface area contributed by atoms with Gasteiger partial charge in [0.1, 0.15) is 5.01 Å². The molecule has 0 saturated carbocycles. The Kier molecular flexibility index (Phi) is 4.51. The Labute approximate surface area is 127 Å². The second-order valence-corrected chi connectivity index (χ2v) is 6.23. The maximum absolute atomic E-state index is 11.1. The van der Waals surface area contributed by atoms with Gasteiger partial charge in [-0.15, -0.1) is 11.3 Å². The minimum Gasteiger partial charge on any atom is -0.423 e. The molecule has 1 aromatic carbocycles. The lowest BCUT2D eigenvalue weighted by Gasteiger charge is -2.09. The Balaban J connectivity index is 2.42. The fraction of sp³-hybridized carbons (Fsp3) is 0.154. The number of aromatic nitrogens is 1. The first kappa shape index (κ1) is 14.7. The minimum atomic E-state index is -0.490. The number of rotatable bonds is 3. The molecule has 5 nitrogen and oxygen atoms in total. The largest absolute Gasteiger partial charge is 0.423 e. The normalized spacial score (nSPS) is 10.2. The Hall–Kier alpha value is -1.73. The number of thiazole rings is 1. The number of benzene rings is 1. The number of carbonyl (C=O) groups is 2. The van der Waals surface area contributed by atoms with Crippen LogP contribution in [0.1, 0.15) is 13.8 Å². The van der Waals surface area contributed by atoms with Crippen LogP contribution < -0.4 is 9.47 Å². The van der Waals surface area contributed by atoms with E-state index in [0.717, 1.165) is 14.4 Å². The van der Waals surface area contributed by atoms with Crippen molar-refractivity contribution in [2.45, 2.75) is 13.8 Å². The molecule has 0 atom stereocenters. The summed E-state index contributed by atoms with van der Waals surface area (Å²) in [6.07, 6.45) is 1.69. The topological polar surface area (TPSA) is 65.5 Å². The zero-order valence-corrected chi connectivity index (χ0v) is 13.1. The molecule has 0 amide bonds. The van der Waals surface area contributed by atoms with Gasteiger partial charge in [-0.25, -0.2) is 4.98 Å². The molecule has 20 heavy (non-hydrogen) atoms. The third-order valence-electron chi connectivity index (χ3n) is 2.18. The highest BCUT2D eigenvalue weighted by Gasteiger charge is 2.13. The van der Waals surface area contributed by atoms with Crippen LogP contribution in [0, 0.1) is 0 Å². The van der Waals surface area contributed by atoms with Gasteiger partial charge in [0.05, 0.1) is 9.98 Å². The van der Waals surface area contributed by atoms with Crippen molar-refractivity contribution in [3.8, 4) is 22.1 Å². The van der Waals surface area contributed by atoms with E-state index in [9.17, 15) is 9.59 Å². The highest BCUT2D eigenvalue weighted by molar-refractivity contribution is 9.11. The summed E-state index contributed by atoms with van der Waals surface area (Å²) in [5.41, 5.74) is 0.771. The van der Waals surface area contributed by atoms with E-state index in [2.05, 4.69) is 20.9 Å². The number of carbonyl (C=O) groups excluding carboxylic acids is 2. The van der Waals surface area contributed by atoms with Crippen LogP contribution >= 0.6 is 27.3 Å². The zero-order chi connectivity index (χ0) is 14.7. The van der Waals surface area contributed by atoms with Gasteiger partial charge in [-0.2, -0.15) is 0 Å². The standard InChI is InChI=1S/C13H10BrNO4S/c1-7(16)18-10-4-3-9(5-11(10)19-8(2)17)13-15-6-12(14)20-13/h3-6H,1-2H3. The zero-order valence-electron chi connectivity index (χ0n) is 10.7. The van der Waals surface area contributed by atoms with Gasteiger partial charge >= 0.3 is 11.9 Å². The summed E-state index contributed by atoms with van der Waals surface area (Å²) in [5, 5.41) is 0.764. The number of nitrogens with zero attached hydrogens (tertiary/aromatic N) is 1. The summed E-state index contributed by atoms with van der Waals surface area (Å²) in [6, 6.07) is 4.94. The molecule has 0 N–H and O–H groups in total. The highest BCUT2D eigenvalue weighted by atomic mass is 79.9. The Morgan fingerprint density at radius 3 is 2.35 bits per heavy atom. The second-order valence-electron chi connectivity index (χ2n) is 3.82. The van der Waals surface area contributed by atoms with E-state index in [1.807, 2.05) is 0 Å². The molecule has 0 radical (unpaired) electrons. The maximum Gasteiger partial charge on any atom is 0.308 e. The van der Waals surface area contributed by atoms with Crippen LogP contribution in [-0.2, 0) is 9.59 Å². The van der Waals surface area contributed by atoms with Gasteiger partial charge in [0.2, 0.25) is 0 Å². The summed E-state index contributed by atoms with van der Waals surface area (Å²) in [6.45, 7) is 2.56. The van der Waals surface area contributed by atoms with Gasteiger partial charge in [-0.3, -0.25) is 9.59 Å². The number of hydrogen-bond donors (Lipinski definition) is 0. The first-order chi connectivity index (χ1) is 9.45. The summed E-state index contributed by atoms with van der Waals surface area (Å²) >= 11 is 4.78. The van der Waals surface area contributed by atoms with E-state index < -0.39 is 11.9 Å². The lowest BCUT2D eigenvalue weighted by molar-refractivity contribution is -0.134. The van der Waals surface area contributed by atoms with E-state index in [4.69, 9.17) is 9.47 Å². The average molecular weight is 356 g/mol. The molecule has 0 aliphatic heterocycles. The second kappa shape index (κ2) is 6.15. The predicted octanol–water partition coefficient (Wildman–Crippen LogP) is 3.42. The fourth-order valence-electron chi connectivity index (χ4n) is 1.50. The Morgan fingerprint density at radius 1 is 1.15 bits per heavy atom. The van der Waals surface area contributed by atoms with Gasteiger partial charge in [0, 0.05) is 19.4 Å². The number of esters is 2. The number of halogens is 1. The molecule has 0 spiro atoms. The summed E-state index contributed by atoms with van der Waals surface area (Å²) in [7, 11) is 0. The molecular formula is C13H10BrNO4S. The molecule has 2 aromatic rings. The van der Waals surface area contributed by atoms with E-state index in [0.29, 0.717) is 0 Å². The van der Waals surface area contributed by atoms with E-state index in [-0.39, 0.29) is 11.5 Å². The number of hydrogen-bond acceptors (Lipinski definition) is 6. The van der Waals surface area contributed by atoms with Gasteiger partial charge in [-0.1, -0.05) is 0 Å². The van der Waals surface area contributed by atoms with Crippen molar-refractivity contribution in [3.63, 3.8) is 0 Å². The lowest BCUT2D eigenvalue weighted by Crippen LogP contribution is -2.07. The minimum absolute atomic E-state index is 0.191. The van der Waals surface area contributed by atoms with Crippen molar-refractivity contribution in [3.05, 3.63) is 28.2 Å². The molecule has 1 aromatic heterocycles. The third kappa shape index (κ3) is 3.64. The van der Waals surface area contributed by atoms with E-state index >= 15 is 0 Å². The molecule has 104 valence electrons. The fourth-order valence-corrected chi connectivity index (χ4v) is 2.71. The molecule has 1 heterocycles. The molecule has 7 heteroatoms. The molecular weight excluding hydrogens is 346 g/mol. The van der Waals surface area contributed by atoms with E-state index in [1.165, 1.54) is 25.2 Å². The van der Waals surface area contributed by atoms with Gasteiger partial charge in [0.15, 0.2) is 11.5 Å². The first-order valence-corrected chi connectivity index (χ1v) is 7.19. The molecule has 2 rings (SSSR count). The van der Waals surface area contributed by atoms with Crippen LogP contribution in [0.15, 0.2) is 28.2 Å². The molecule has 0 bridgehead atoms. The van der Waals surface area contributed by atoms with Crippen LogP contribution in [0.5, 0.6) is 11.5 Å². The average Bonchev–Trinajstić information content (AvgIpc) is 2.77. The smallest absolute Gasteiger partial charge is 0.308 e.